The maximum Gasteiger partial charge on any atom is 0.319 e. The highest BCUT2D eigenvalue weighted by molar-refractivity contribution is 7.97. The SMILES string of the molecule is CSCc1ccc(NC(=O)NCC(C)(O)c2cccs2)cc1. The second-order valence-corrected chi connectivity index (χ2v) is 7.00. The van der Waals surface area contributed by atoms with Gasteiger partial charge in [0.25, 0.3) is 0 Å². The van der Waals surface area contributed by atoms with Crippen LogP contribution in [0.25, 0.3) is 0 Å². The fourth-order valence-corrected chi connectivity index (χ4v) is 3.26. The molecule has 0 spiro atoms. The first kappa shape index (κ1) is 16.9. The molecular formula is C16H20N2O2S2. The first-order valence-electron chi connectivity index (χ1n) is 6.90. The number of hydrogen-bond donors (Lipinski definition) is 3. The number of carbonyl (C=O) groups is 1. The first-order chi connectivity index (χ1) is 10.5. The van der Waals surface area contributed by atoms with Gasteiger partial charge in [-0.1, -0.05) is 18.2 Å². The van der Waals surface area contributed by atoms with Crippen molar-refractivity contribution in [1.29, 1.82) is 0 Å². The van der Waals surface area contributed by atoms with Gasteiger partial charge in [-0.3, -0.25) is 0 Å². The highest BCUT2D eigenvalue weighted by atomic mass is 32.2. The van der Waals surface area contributed by atoms with Gasteiger partial charge in [0, 0.05) is 16.3 Å². The van der Waals surface area contributed by atoms with Gasteiger partial charge in [-0.05, 0) is 42.3 Å². The lowest BCUT2D eigenvalue weighted by atomic mass is 10.1. The Balaban J connectivity index is 1.85. The van der Waals surface area contributed by atoms with Gasteiger partial charge in [0.15, 0.2) is 0 Å². The fourth-order valence-electron chi connectivity index (χ4n) is 1.95. The number of thioether (sulfide) groups is 1. The van der Waals surface area contributed by atoms with Crippen LogP contribution < -0.4 is 10.6 Å². The van der Waals surface area contributed by atoms with E-state index >= 15 is 0 Å². The van der Waals surface area contributed by atoms with E-state index in [2.05, 4.69) is 16.9 Å². The fraction of sp³-hybridized carbons (Fsp3) is 0.312. The van der Waals surface area contributed by atoms with Crippen LogP contribution in [0, 0.1) is 0 Å². The zero-order chi connectivity index (χ0) is 16.0. The molecule has 0 aliphatic carbocycles. The third-order valence-electron chi connectivity index (χ3n) is 3.17. The van der Waals surface area contributed by atoms with E-state index in [0.717, 1.165) is 16.3 Å². The van der Waals surface area contributed by atoms with Crippen molar-refractivity contribution in [3.63, 3.8) is 0 Å². The molecule has 0 radical (unpaired) electrons. The number of anilines is 1. The van der Waals surface area contributed by atoms with Gasteiger partial charge in [-0.2, -0.15) is 11.8 Å². The van der Waals surface area contributed by atoms with Crippen LogP contribution >= 0.6 is 23.1 Å². The molecule has 0 saturated heterocycles. The quantitative estimate of drug-likeness (QED) is 0.755. The standard InChI is InChI=1S/C16H20N2O2S2/c1-16(20,14-4-3-9-22-14)11-17-15(19)18-13-7-5-12(6-8-13)10-21-2/h3-9,20H,10-11H2,1-2H3,(H2,17,18,19). The Morgan fingerprint density at radius 3 is 2.64 bits per heavy atom. The van der Waals surface area contributed by atoms with Crippen LogP contribution in [0.4, 0.5) is 10.5 Å². The molecule has 0 fully saturated rings. The van der Waals surface area contributed by atoms with Gasteiger partial charge in [0.1, 0.15) is 5.60 Å². The second-order valence-electron chi connectivity index (χ2n) is 5.19. The van der Waals surface area contributed by atoms with Crippen molar-refractivity contribution >= 4 is 34.8 Å². The molecule has 0 aliphatic rings. The molecule has 22 heavy (non-hydrogen) atoms. The second kappa shape index (κ2) is 7.67. The number of rotatable bonds is 6. The van der Waals surface area contributed by atoms with E-state index in [1.807, 2.05) is 41.8 Å². The summed E-state index contributed by atoms with van der Waals surface area (Å²) in [5.41, 5.74) is 0.894. The molecule has 6 heteroatoms. The normalized spacial score (nSPS) is 13.4. The van der Waals surface area contributed by atoms with Gasteiger partial charge in [-0.15, -0.1) is 11.3 Å². The third kappa shape index (κ3) is 4.76. The molecule has 1 unspecified atom stereocenters. The van der Waals surface area contributed by atoms with Crippen molar-refractivity contribution in [2.24, 2.45) is 0 Å². The van der Waals surface area contributed by atoms with E-state index in [0.29, 0.717) is 0 Å². The highest BCUT2D eigenvalue weighted by Gasteiger charge is 2.24. The number of thiophene rings is 1. The Bertz CT molecular complexity index is 595. The predicted octanol–water partition coefficient (Wildman–Crippen LogP) is 3.64. The summed E-state index contributed by atoms with van der Waals surface area (Å²) in [6, 6.07) is 11.2. The summed E-state index contributed by atoms with van der Waals surface area (Å²) in [6.07, 6.45) is 2.05. The first-order valence-corrected chi connectivity index (χ1v) is 9.18. The average Bonchev–Trinajstić information content (AvgIpc) is 3.03. The number of hydrogen-bond acceptors (Lipinski definition) is 4. The number of urea groups is 1. The van der Waals surface area contributed by atoms with Gasteiger partial charge in [-0.25, -0.2) is 4.79 Å². The number of nitrogens with one attached hydrogen (secondary N) is 2. The Labute approximate surface area is 138 Å². The minimum Gasteiger partial charge on any atom is -0.383 e. The zero-order valence-electron chi connectivity index (χ0n) is 12.6. The maximum absolute atomic E-state index is 11.9. The third-order valence-corrected chi connectivity index (χ3v) is 4.91. The molecule has 0 bridgehead atoms. The number of amides is 2. The molecule has 3 N–H and O–H groups in total. The summed E-state index contributed by atoms with van der Waals surface area (Å²) in [5.74, 6) is 0.955. The smallest absolute Gasteiger partial charge is 0.319 e. The van der Waals surface area contributed by atoms with Crippen molar-refractivity contribution in [3.8, 4) is 0 Å². The van der Waals surface area contributed by atoms with Crippen LogP contribution in [0.1, 0.15) is 17.4 Å². The van der Waals surface area contributed by atoms with Gasteiger partial charge >= 0.3 is 6.03 Å². The molecule has 0 saturated carbocycles. The topological polar surface area (TPSA) is 61.4 Å². The summed E-state index contributed by atoms with van der Waals surface area (Å²) < 4.78 is 0. The molecule has 1 aromatic carbocycles. The lowest BCUT2D eigenvalue weighted by Gasteiger charge is -2.22. The molecule has 2 amide bonds. The molecule has 0 aliphatic heterocycles. The van der Waals surface area contributed by atoms with E-state index < -0.39 is 5.60 Å². The Kier molecular flexibility index (Phi) is 5.88. The molecule has 1 atom stereocenters. The minimum absolute atomic E-state index is 0.157. The minimum atomic E-state index is -1.06. The molecule has 118 valence electrons. The van der Waals surface area contributed by atoms with Crippen LogP contribution in [0.2, 0.25) is 0 Å². The van der Waals surface area contributed by atoms with Crippen molar-refractivity contribution in [2.45, 2.75) is 18.3 Å². The van der Waals surface area contributed by atoms with Gasteiger partial charge in [0.05, 0.1) is 6.54 Å². The van der Waals surface area contributed by atoms with Crippen molar-refractivity contribution in [1.82, 2.24) is 5.32 Å². The van der Waals surface area contributed by atoms with Crippen LogP contribution in [-0.2, 0) is 11.4 Å². The maximum atomic E-state index is 11.9. The Hall–Kier alpha value is -1.50. The average molecular weight is 336 g/mol. The monoisotopic (exact) mass is 336 g/mol. The lowest BCUT2D eigenvalue weighted by Crippen LogP contribution is -2.40. The molecule has 4 nitrogen and oxygen atoms in total. The van der Waals surface area contributed by atoms with Crippen molar-refractivity contribution in [3.05, 3.63) is 52.2 Å². The van der Waals surface area contributed by atoms with Crippen LogP contribution in [0.3, 0.4) is 0 Å². The Morgan fingerprint density at radius 2 is 2.05 bits per heavy atom. The largest absolute Gasteiger partial charge is 0.383 e. The van der Waals surface area contributed by atoms with E-state index in [1.54, 1.807) is 18.7 Å². The van der Waals surface area contributed by atoms with Gasteiger partial charge in [0.2, 0.25) is 0 Å². The van der Waals surface area contributed by atoms with E-state index in [9.17, 15) is 9.90 Å². The summed E-state index contributed by atoms with van der Waals surface area (Å²) in [6.45, 7) is 1.85. The van der Waals surface area contributed by atoms with Crippen molar-refractivity contribution in [2.75, 3.05) is 18.1 Å². The van der Waals surface area contributed by atoms with Crippen LogP contribution in [-0.4, -0.2) is 23.9 Å². The van der Waals surface area contributed by atoms with Crippen molar-refractivity contribution < 1.29 is 9.90 Å². The Morgan fingerprint density at radius 1 is 1.32 bits per heavy atom. The van der Waals surface area contributed by atoms with Gasteiger partial charge < -0.3 is 15.7 Å². The zero-order valence-corrected chi connectivity index (χ0v) is 14.3. The van der Waals surface area contributed by atoms with E-state index in [-0.39, 0.29) is 12.6 Å². The molecular weight excluding hydrogens is 316 g/mol. The summed E-state index contributed by atoms with van der Waals surface area (Å²) in [4.78, 5) is 12.7. The molecule has 2 aromatic rings. The highest BCUT2D eigenvalue weighted by Crippen LogP contribution is 2.24. The predicted molar refractivity (Wildman–Crippen MR) is 94.6 cm³/mol. The molecule has 1 aromatic heterocycles. The molecule has 1 heterocycles. The lowest BCUT2D eigenvalue weighted by molar-refractivity contribution is 0.0637. The van der Waals surface area contributed by atoms with Crippen LogP contribution in [0.5, 0.6) is 0 Å². The summed E-state index contributed by atoms with van der Waals surface area (Å²) in [7, 11) is 0. The number of aliphatic hydroxyl groups is 1. The van der Waals surface area contributed by atoms with Crippen LogP contribution in [0.15, 0.2) is 41.8 Å². The number of benzene rings is 1. The molecule has 2 rings (SSSR count). The van der Waals surface area contributed by atoms with E-state index in [1.165, 1.54) is 16.9 Å². The van der Waals surface area contributed by atoms with E-state index in [4.69, 9.17) is 0 Å². The summed E-state index contributed by atoms with van der Waals surface area (Å²) >= 11 is 3.23. The number of carbonyl (C=O) groups excluding carboxylic acids is 1. The summed E-state index contributed by atoms with van der Waals surface area (Å²) in [5, 5.41) is 17.7.